The molecule has 2 aliphatic carbocycles. The first-order valence-electron chi connectivity index (χ1n) is 12.9. The third kappa shape index (κ3) is 6.16. The van der Waals surface area contributed by atoms with Crippen molar-refractivity contribution in [2.24, 2.45) is 11.8 Å². The largest absolute Gasteiger partial charge is 0.378 e. The predicted molar refractivity (Wildman–Crippen MR) is 135 cm³/mol. The van der Waals surface area contributed by atoms with Crippen LogP contribution in [-0.4, -0.2) is 12.7 Å². The van der Waals surface area contributed by atoms with E-state index in [9.17, 15) is 8.78 Å². The van der Waals surface area contributed by atoms with Crippen LogP contribution >= 0.6 is 0 Å². The minimum Gasteiger partial charge on any atom is -0.378 e. The molecule has 0 aromatic heterocycles. The number of halogens is 2. The fourth-order valence-corrected chi connectivity index (χ4v) is 5.79. The molecule has 180 valence electrons. The summed E-state index contributed by atoms with van der Waals surface area (Å²) in [5.41, 5.74) is 2.65. The minimum absolute atomic E-state index is 0.133. The van der Waals surface area contributed by atoms with Crippen LogP contribution in [0.5, 0.6) is 0 Å². The predicted octanol–water partition coefficient (Wildman–Crippen LogP) is 7.96. The van der Waals surface area contributed by atoms with Crippen LogP contribution in [0.4, 0.5) is 8.78 Å². The molecule has 0 radical (unpaired) electrons. The van der Waals surface area contributed by atoms with Crippen LogP contribution in [0.1, 0.15) is 87.0 Å². The van der Waals surface area contributed by atoms with Gasteiger partial charge in [0, 0.05) is 12.2 Å². The van der Waals surface area contributed by atoms with Gasteiger partial charge >= 0.3 is 0 Å². The Morgan fingerprint density at radius 3 is 2.35 bits per heavy atom. The van der Waals surface area contributed by atoms with Crippen molar-refractivity contribution in [3.8, 4) is 11.8 Å². The molecule has 2 aromatic carbocycles. The van der Waals surface area contributed by atoms with Crippen LogP contribution in [0.15, 0.2) is 48.6 Å². The number of fused-ring (bicyclic) bond motifs is 1. The maximum atomic E-state index is 14.9. The number of hydrogen-bond acceptors (Lipinski definition) is 1. The van der Waals surface area contributed by atoms with E-state index in [1.165, 1.54) is 17.7 Å². The summed E-state index contributed by atoms with van der Waals surface area (Å²) in [6.45, 7) is 4.85. The van der Waals surface area contributed by atoms with E-state index in [4.69, 9.17) is 4.74 Å². The topological polar surface area (TPSA) is 9.23 Å². The third-order valence-corrected chi connectivity index (χ3v) is 7.62. The number of allylic oxidation sites excluding steroid dienone is 2. The molecule has 0 N–H and O–H groups in total. The van der Waals surface area contributed by atoms with Gasteiger partial charge in [-0.05, 0) is 118 Å². The van der Waals surface area contributed by atoms with Crippen LogP contribution in [0.25, 0.3) is 0 Å². The lowest BCUT2D eigenvalue weighted by Gasteiger charge is -2.42. The Morgan fingerprint density at radius 1 is 0.941 bits per heavy atom. The average Bonchev–Trinajstić information content (AvgIpc) is 2.84. The monoisotopic (exact) mass is 462 g/mol. The number of benzene rings is 2. The molecule has 1 nitrogen and oxygen atoms in total. The molecule has 4 unspecified atom stereocenters. The summed E-state index contributed by atoms with van der Waals surface area (Å²) in [6, 6.07) is 10.9. The van der Waals surface area contributed by atoms with E-state index >= 15 is 0 Å². The zero-order valence-electron chi connectivity index (χ0n) is 20.5. The van der Waals surface area contributed by atoms with Gasteiger partial charge in [0.2, 0.25) is 0 Å². The second-order valence-corrected chi connectivity index (χ2v) is 9.83. The van der Waals surface area contributed by atoms with Gasteiger partial charge in [-0.1, -0.05) is 36.1 Å². The summed E-state index contributed by atoms with van der Waals surface area (Å²) < 4.78 is 35.7. The lowest BCUT2D eigenvalue weighted by Crippen LogP contribution is -2.33. The molecule has 0 aliphatic heterocycles. The van der Waals surface area contributed by atoms with Gasteiger partial charge in [-0.25, -0.2) is 8.78 Å². The van der Waals surface area contributed by atoms with Gasteiger partial charge in [0.15, 0.2) is 0 Å². The molecule has 0 saturated heterocycles. The van der Waals surface area contributed by atoms with Gasteiger partial charge < -0.3 is 4.74 Å². The molecule has 2 aromatic rings. The molecule has 2 fully saturated rings. The highest BCUT2D eigenvalue weighted by Crippen LogP contribution is 2.46. The Bertz CT molecular complexity index is 1020. The molecule has 2 aliphatic rings. The first-order chi connectivity index (χ1) is 16.6. The highest BCUT2D eigenvalue weighted by molar-refractivity contribution is 5.46. The maximum Gasteiger partial charge on any atom is 0.142 e. The van der Waals surface area contributed by atoms with Gasteiger partial charge in [0.05, 0.1) is 11.7 Å². The average molecular weight is 463 g/mol. The van der Waals surface area contributed by atoms with Crippen molar-refractivity contribution in [3.05, 3.63) is 82.4 Å². The summed E-state index contributed by atoms with van der Waals surface area (Å²) in [7, 11) is 0. The standard InChI is InChI=1S/C31H36F2O/c1-3-5-6-7-22-8-10-23(11-9-22)12-17-29-30(32)20-27(21-31(29)33)25-13-14-26-19-28(34-4-2)16-15-24(26)18-25/h3,5,8-11,20-21,24-26,28H,4,6-7,13-16,18-19H2,1-2H3/b5-3+. The number of ether oxygens (including phenoxy) is 1. The van der Waals surface area contributed by atoms with Crippen molar-refractivity contribution < 1.29 is 13.5 Å². The minimum atomic E-state index is -0.548. The molecule has 0 spiro atoms. The fourth-order valence-electron chi connectivity index (χ4n) is 5.79. The first kappa shape index (κ1) is 24.7. The van der Waals surface area contributed by atoms with E-state index in [0.29, 0.717) is 17.9 Å². The molecule has 0 amide bonds. The van der Waals surface area contributed by atoms with Crippen molar-refractivity contribution in [2.45, 2.75) is 77.2 Å². The third-order valence-electron chi connectivity index (χ3n) is 7.62. The molecule has 4 atom stereocenters. The smallest absolute Gasteiger partial charge is 0.142 e. The molecule has 2 saturated carbocycles. The SMILES string of the molecule is C/C=C/CCc1ccc(C#Cc2c(F)cc(C3CCC4CC(OCC)CCC4C3)cc2F)cc1. The summed E-state index contributed by atoms with van der Waals surface area (Å²) >= 11 is 0. The zero-order chi connectivity index (χ0) is 23.9. The molecule has 3 heteroatoms. The summed E-state index contributed by atoms with van der Waals surface area (Å²) in [5, 5.41) is 0. The van der Waals surface area contributed by atoms with Crippen molar-refractivity contribution in [2.75, 3.05) is 6.61 Å². The Kier molecular flexibility index (Phi) is 8.57. The molecular weight excluding hydrogens is 426 g/mol. The zero-order valence-corrected chi connectivity index (χ0v) is 20.5. The lowest BCUT2D eigenvalue weighted by atomic mass is 9.65. The quantitative estimate of drug-likeness (QED) is 0.312. The van der Waals surface area contributed by atoms with E-state index in [1.807, 2.05) is 37.3 Å². The van der Waals surface area contributed by atoms with Crippen molar-refractivity contribution in [1.29, 1.82) is 0 Å². The Labute approximate surface area is 203 Å². The van der Waals surface area contributed by atoms with E-state index in [0.717, 1.165) is 69.1 Å². The number of aryl methyl sites for hydroxylation is 1. The summed E-state index contributed by atoms with van der Waals surface area (Å²) in [6.07, 6.45) is 13.1. The van der Waals surface area contributed by atoms with Gasteiger partial charge in [0.1, 0.15) is 11.6 Å². The van der Waals surface area contributed by atoms with Crippen LogP contribution in [0.3, 0.4) is 0 Å². The molecule has 34 heavy (non-hydrogen) atoms. The van der Waals surface area contributed by atoms with E-state index in [-0.39, 0.29) is 11.5 Å². The highest BCUT2D eigenvalue weighted by Gasteiger charge is 2.36. The van der Waals surface area contributed by atoms with Gasteiger partial charge in [-0.3, -0.25) is 0 Å². The number of hydrogen-bond donors (Lipinski definition) is 0. The molecule has 0 heterocycles. The Morgan fingerprint density at radius 2 is 1.65 bits per heavy atom. The van der Waals surface area contributed by atoms with Crippen molar-refractivity contribution in [3.63, 3.8) is 0 Å². The first-order valence-corrected chi connectivity index (χ1v) is 12.9. The van der Waals surface area contributed by atoms with Crippen LogP contribution in [0.2, 0.25) is 0 Å². The van der Waals surface area contributed by atoms with Gasteiger partial charge in [0.25, 0.3) is 0 Å². The van der Waals surface area contributed by atoms with E-state index in [1.54, 1.807) is 0 Å². The number of rotatable bonds is 6. The maximum absolute atomic E-state index is 14.9. The molecule has 4 rings (SSSR count). The Balaban J connectivity index is 1.41. The normalized spacial score (nSPS) is 24.5. The van der Waals surface area contributed by atoms with Crippen LogP contribution < -0.4 is 0 Å². The Hall–Kier alpha value is -2.44. The van der Waals surface area contributed by atoms with Crippen molar-refractivity contribution >= 4 is 0 Å². The lowest BCUT2D eigenvalue weighted by molar-refractivity contribution is -0.00957. The van der Waals surface area contributed by atoms with Gasteiger partial charge in [-0.2, -0.15) is 0 Å². The second-order valence-electron chi connectivity index (χ2n) is 9.83. The molecular formula is C31H36F2O. The summed E-state index contributed by atoms with van der Waals surface area (Å²) in [4.78, 5) is 0. The fraction of sp³-hybridized carbons (Fsp3) is 0.484. The van der Waals surface area contributed by atoms with Crippen LogP contribution in [-0.2, 0) is 11.2 Å². The van der Waals surface area contributed by atoms with Gasteiger partial charge in [-0.15, -0.1) is 0 Å². The van der Waals surface area contributed by atoms with Crippen LogP contribution in [0, 0.1) is 35.3 Å². The van der Waals surface area contributed by atoms with E-state index in [2.05, 4.69) is 24.8 Å². The van der Waals surface area contributed by atoms with Crippen molar-refractivity contribution in [1.82, 2.24) is 0 Å². The summed E-state index contributed by atoms with van der Waals surface area (Å²) in [5.74, 6) is 6.13. The van der Waals surface area contributed by atoms with E-state index < -0.39 is 11.6 Å². The molecule has 0 bridgehead atoms. The highest BCUT2D eigenvalue weighted by atomic mass is 19.1. The second kappa shape index (κ2) is 11.8.